The number of aromatic hydroxyl groups is 2. The predicted molar refractivity (Wildman–Crippen MR) is 110 cm³/mol. The van der Waals surface area contributed by atoms with E-state index in [-0.39, 0.29) is 17.4 Å². The smallest absolute Gasteiger partial charge is 0.257 e. The molecule has 0 saturated heterocycles. The van der Waals surface area contributed by atoms with Crippen LogP contribution < -0.4 is 10.1 Å². The first kappa shape index (κ1) is 18.7. The number of methoxy groups -OCH3 is 1. The molecule has 4 rings (SSSR count). The van der Waals surface area contributed by atoms with E-state index in [0.29, 0.717) is 29.8 Å². The van der Waals surface area contributed by atoms with E-state index in [1.165, 1.54) is 6.07 Å². The van der Waals surface area contributed by atoms with Gasteiger partial charge in [-0.2, -0.15) is 0 Å². The second-order valence-corrected chi connectivity index (χ2v) is 6.90. The molecule has 3 N–H and O–H groups in total. The minimum absolute atomic E-state index is 0.124. The Morgan fingerprint density at radius 2 is 1.76 bits per heavy atom. The van der Waals surface area contributed by atoms with Gasteiger partial charge in [0.1, 0.15) is 11.9 Å². The molecule has 6 nitrogen and oxygen atoms in total. The molecule has 148 valence electrons. The monoisotopic (exact) mass is 390 g/mol. The number of amides is 1. The number of ether oxygens (including phenoxy) is 1. The van der Waals surface area contributed by atoms with Gasteiger partial charge in [-0.1, -0.05) is 36.4 Å². The number of phenols is 2. The molecule has 1 unspecified atom stereocenters. The van der Waals surface area contributed by atoms with Gasteiger partial charge in [-0.15, -0.1) is 0 Å². The van der Waals surface area contributed by atoms with Gasteiger partial charge in [0, 0.05) is 17.8 Å². The van der Waals surface area contributed by atoms with E-state index in [0.717, 1.165) is 11.3 Å². The van der Waals surface area contributed by atoms with Crippen molar-refractivity contribution in [2.75, 3.05) is 19.0 Å². The second-order valence-electron chi connectivity index (χ2n) is 6.90. The summed E-state index contributed by atoms with van der Waals surface area (Å²) in [6.07, 6.45) is 0.0399. The topological polar surface area (TPSA) is 82.0 Å². The van der Waals surface area contributed by atoms with Gasteiger partial charge in [0.05, 0.1) is 12.7 Å². The molecule has 0 aromatic heterocycles. The molecular weight excluding hydrogens is 368 g/mol. The van der Waals surface area contributed by atoms with E-state index in [1.807, 2.05) is 42.5 Å². The van der Waals surface area contributed by atoms with Gasteiger partial charge in [0.15, 0.2) is 11.5 Å². The lowest BCUT2D eigenvalue weighted by Gasteiger charge is -2.38. The van der Waals surface area contributed by atoms with Crippen LogP contribution in [0, 0.1) is 0 Å². The lowest BCUT2D eigenvalue weighted by Crippen LogP contribution is -2.44. The van der Waals surface area contributed by atoms with Crippen molar-refractivity contribution in [1.82, 2.24) is 4.90 Å². The summed E-state index contributed by atoms with van der Waals surface area (Å²) >= 11 is 0. The van der Waals surface area contributed by atoms with Crippen LogP contribution >= 0.6 is 0 Å². The SMILES string of the molecule is COc1ccc(CCN2C(=O)c3ccccc3NC2c2cccc(O)c2O)cc1. The summed E-state index contributed by atoms with van der Waals surface area (Å²) in [7, 11) is 1.62. The van der Waals surface area contributed by atoms with Crippen LogP contribution in [0.3, 0.4) is 0 Å². The first-order valence-corrected chi connectivity index (χ1v) is 9.39. The molecule has 0 fully saturated rings. The molecule has 1 aliphatic rings. The second kappa shape index (κ2) is 7.75. The van der Waals surface area contributed by atoms with Crippen LogP contribution in [0.5, 0.6) is 17.2 Å². The van der Waals surface area contributed by atoms with Crippen molar-refractivity contribution in [3.05, 3.63) is 83.4 Å². The van der Waals surface area contributed by atoms with Crippen molar-refractivity contribution in [3.8, 4) is 17.2 Å². The van der Waals surface area contributed by atoms with Crippen molar-refractivity contribution >= 4 is 11.6 Å². The Kier molecular flexibility index (Phi) is 4.99. The zero-order valence-electron chi connectivity index (χ0n) is 16.0. The molecule has 3 aromatic carbocycles. The lowest BCUT2D eigenvalue weighted by atomic mass is 10.0. The standard InChI is InChI=1S/C23H22N2O4/c1-29-16-11-9-15(10-12-16)13-14-25-22(18-6-4-8-20(26)21(18)27)24-19-7-3-2-5-17(19)23(25)28/h2-12,22,24,26-27H,13-14H2,1H3. The van der Waals surface area contributed by atoms with Gasteiger partial charge in [0.25, 0.3) is 5.91 Å². The Hall–Kier alpha value is -3.67. The highest BCUT2D eigenvalue weighted by molar-refractivity contribution is 6.01. The third-order valence-corrected chi connectivity index (χ3v) is 5.16. The lowest BCUT2D eigenvalue weighted by molar-refractivity contribution is 0.0683. The average Bonchev–Trinajstić information content (AvgIpc) is 2.75. The Morgan fingerprint density at radius 3 is 2.52 bits per heavy atom. The number of anilines is 1. The number of carbonyl (C=O) groups excluding carboxylic acids is 1. The number of carbonyl (C=O) groups is 1. The summed E-state index contributed by atoms with van der Waals surface area (Å²) in [6.45, 7) is 0.437. The largest absolute Gasteiger partial charge is 0.504 e. The van der Waals surface area contributed by atoms with E-state index >= 15 is 0 Å². The zero-order chi connectivity index (χ0) is 20.4. The van der Waals surface area contributed by atoms with Crippen LogP contribution in [0.4, 0.5) is 5.69 Å². The van der Waals surface area contributed by atoms with E-state index in [1.54, 1.807) is 30.2 Å². The predicted octanol–water partition coefficient (Wildman–Crippen LogP) is 3.92. The summed E-state index contributed by atoms with van der Waals surface area (Å²) in [5.74, 6) is 0.207. The molecule has 1 amide bonds. The van der Waals surface area contributed by atoms with E-state index in [2.05, 4.69) is 5.32 Å². The van der Waals surface area contributed by atoms with Crippen LogP contribution in [0.1, 0.15) is 27.7 Å². The van der Waals surface area contributed by atoms with E-state index < -0.39 is 6.17 Å². The Morgan fingerprint density at radius 1 is 1.00 bits per heavy atom. The van der Waals surface area contributed by atoms with Crippen molar-refractivity contribution < 1.29 is 19.7 Å². The number of benzene rings is 3. The van der Waals surface area contributed by atoms with Gasteiger partial charge >= 0.3 is 0 Å². The molecule has 0 bridgehead atoms. The maximum absolute atomic E-state index is 13.2. The molecule has 0 saturated carbocycles. The van der Waals surface area contributed by atoms with Crippen LogP contribution in [0.15, 0.2) is 66.7 Å². The molecule has 1 heterocycles. The Labute approximate surface area is 169 Å². The number of phenolic OH excluding ortho intramolecular Hbond substituents is 2. The molecule has 3 aromatic rings. The normalized spacial score (nSPS) is 15.6. The van der Waals surface area contributed by atoms with Crippen molar-refractivity contribution in [3.63, 3.8) is 0 Å². The molecule has 1 aliphatic heterocycles. The maximum Gasteiger partial charge on any atom is 0.257 e. The summed E-state index contributed by atoms with van der Waals surface area (Å²) in [4.78, 5) is 14.9. The van der Waals surface area contributed by atoms with Crippen LogP contribution in [0.2, 0.25) is 0 Å². The number of nitrogens with one attached hydrogen (secondary N) is 1. The minimum Gasteiger partial charge on any atom is -0.504 e. The van der Waals surface area contributed by atoms with Crippen molar-refractivity contribution in [2.24, 2.45) is 0 Å². The number of rotatable bonds is 5. The molecular formula is C23H22N2O4. The van der Waals surface area contributed by atoms with Gasteiger partial charge in [-0.3, -0.25) is 4.79 Å². The summed E-state index contributed by atoms with van der Waals surface area (Å²) in [6, 6.07) is 19.8. The third-order valence-electron chi connectivity index (χ3n) is 5.16. The molecule has 0 radical (unpaired) electrons. The minimum atomic E-state index is -0.595. The van der Waals surface area contributed by atoms with Gasteiger partial charge in [-0.25, -0.2) is 0 Å². The van der Waals surface area contributed by atoms with Crippen molar-refractivity contribution in [1.29, 1.82) is 0 Å². The van der Waals surface area contributed by atoms with Crippen LogP contribution in [-0.2, 0) is 6.42 Å². The summed E-state index contributed by atoms with van der Waals surface area (Å²) in [5.41, 5.74) is 2.79. The fourth-order valence-electron chi connectivity index (χ4n) is 3.58. The van der Waals surface area contributed by atoms with Gasteiger partial charge in [0.2, 0.25) is 0 Å². The summed E-state index contributed by atoms with van der Waals surface area (Å²) < 4.78 is 5.19. The highest BCUT2D eigenvalue weighted by atomic mass is 16.5. The highest BCUT2D eigenvalue weighted by Crippen LogP contribution is 2.39. The summed E-state index contributed by atoms with van der Waals surface area (Å²) in [5, 5.41) is 23.7. The van der Waals surface area contributed by atoms with Gasteiger partial charge in [-0.05, 0) is 42.3 Å². The molecule has 1 atom stereocenters. The number of hydrogen-bond donors (Lipinski definition) is 3. The third kappa shape index (κ3) is 3.57. The van der Waals surface area contributed by atoms with Crippen LogP contribution in [0.25, 0.3) is 0 Å². The Balaban J connectivity index is 1.67. The van der Waals surface area contributed by atoms with Crippen molar-refractivity contribution in [2.45, 2.75) is 12.6 Å². The van der Waals surface area contributed by atoms with Gasteiger partial charge < -0.3 is 25.2 Å². The Bertz CT molecular complexity index is 1030. The molecule has 6 heteroatoms. The first-order valence-electron chi connectivity index (χ1n) is 9.39. The van der Waals surface area contributed by atoms with E-state index in [4.69, 9.17) is 4.74 Å². The molecule has 0 aliphatic carbocycles. The quantitative estimate of drug-likeness (QED) is 0.576. The number of nitrogens with zero attached hydrogens (tertiary/aromatic N) is 1. The average molecular weight is 390 g/mol. The highest BCUT2D eigenvalue weighted by Gasteiger charge is 2.34. The number of hydrogen-bond acceptors (Lipinski definition) is 5. The zero-order valence-corrected chi connectivity index (χ0v) is 16.0. The molecule has 29 heavy (non-hydrogen) atoms. The number of fused-ring (bicyclic) bond motifs is 1. The van der Waals surface area contributed by atoms with E-state index in [9.17, 15) is 15.0 Å². The first-order chi connectivity index (χ1) is 14.1. The fourth-order valence-corrected chi connectivity index (χ4v) is 3.58. The maximum atomic E-state index is 13.2. The van der Waals surface area contributed by atoms with Crippen LogP contribution in [-0.4, -0.2) is 34.7 Å². The number of para-hydroxylation sites is 2. The fraction of sp³-hybridized carbons (Fsp3) is 0.174. The molecule has 0 spiro atoms.